The predicted molar refractivity (Wildman–Crippen MR) is 268 cm³/mol. The van der Waals surface area contributed by atoms with Gasteiger partial charge in [0.25, 0.3) is 11.8 Å². The lowest BCUT2D eigenvalue weighted by Gasteiger charge is -2.41. The molecule has 1 saturated carbocycles. The third kappa shape index (κ3) is 14.8. The fourth-order valence-electron chi connectivity index (χ4n) is 9.34. The highest BCUT2D eigenvalue weighted by Crippen LogP contribution is 2.61. The van der Waals surface area contributed by atoms with E-state index in [1.165, 1.54) is 52.2 Å². The zero-order valence-electron chi connectivity index (χ0n) is 44.1. The van der Waals surface area contributed by atoms with Crippen molar-refractivity contribution in [2.75, 3.05) is 66.3 Å². The van der Waals surface area contributed by atoms with Crippen molar-refractivity contribution in [2.24, 2.45) is 17.3 Å². The van der Waals surface area contributed by atoms with Crippen molar-refractivity contribution in [3.8, 4) is 5.75 Å². The Morgan fingerprint density at radius 1 is 1.01 bits per heavy atom. The molecule has 4 heterocycles. The zero-order chi connectivity index (χ0) is 56.5. The molecule has 1 aliphatic carbocycles. The lowest BCUT2D eigenvalue weighted by Crippen LogP contribution is -2.63. The second-order valence-corrected chi connectivity index (χ2v) is 20.3. The van der Waals surface area contributed by atoms with Crippen LogP contribution in [-0.4, -0.2) is 183 Å². The molecule has 2 unspecified atom stereocenters. The summed E-state index contributed by atoms with van der Waals surface area (Å²) in [5.74, 6) is -5.56. The summed E-state index contributed by atoms with van der Waals surface area (Å²) < 4.78 is 38.5. The highest BCUT2D eigenvalue weighted by atomic mass is 35.5. The fraction of sp³-hybridized carbons (Fsp3) is 0.588. The van der Waals surface area contributed by atoms with E-state index >= 15 is 0 Å². The highest BCUT2D eigenvalue weighted by Gasteiger charge is 2.62. The normalized spacial score (nSPS) is 29.0. The molecule has 26 heteroatoms. The van der Waals surface area contributed by atoms with Crippen LogP contribution in [0.4, 0.5) is 20.1 Å². The second kappa shape index (κ2) is 25.6. The van der Waals surface area contributed by atoms with Crippen LogP contribution in [0.5, 0.6) is 5.75 Å². The number of alkyl carbamates (subject to hydrolysis) is 2. The average Bonchev–Trinajstić information content (AvgIpc) is 4.09. The van der Waals surface area contributed by atoms with Crippen molar-refractivity contribution in [3.63, 3.8) is 0 Å². The van der Waals surface area contributed by atoms with Gasteiger partial charge in [-0.15, -0.1) is 5.06 Å². The maximum Gasteiger partial charge on any atom is 0.410 e. The molecule has 0 aromatic heterocycles. The van der Waals surface area contributed by atoms with Crippen molar-refractivity contribution in [2.45, 2.75) is 115 Å². The van der Waals surface area contributed by atoms with Gasteiger partial charge in [0.15, 0.2) is 5.72 Å². The van der Waals surface area contributed by atoms with E-state index in [4.69, 9.17) is 49.6 Å². The Bertz CT molecular complexity index is 2530. The first-order valence-corrected chi connectivity index (χ1v) is 25.3. The first-order chi connectivity index (χ1) is 36.3. The molecule has 25 nitrogen and oxygen atoms in total. The summed E-state index contributed by atoms with van der Waals surface area (Å²) in [6.45, 7) is 5.77. The van der Waals surface area contributed by atoms with E-state index in [2.05, 4.69) is 10.6 Å². The van der Waals surface area contributed by atoms with E-state index in [9.17, 15) is 53.4 Å². The molecule has 422 valence electrons. The largest absolute Gasteiger partial charge is 0.495 e. The minimum atomic E-state index is -2.10. The summed E-state index contributed by atoms with van der Waals surface area (Å²) in [6, 6.07) is 0.438. The van der Waals surface area contributed by atoms with Gasteiger partial charge in [-0.3, -0.25) is 24.5 Å². The summed E-state index contributed by atoms with van der Waals surface area (Å²) >= 11 is 6.80. The Morgan fingerprint density at radius 3 is 2.43 bits per heavy atom. The van der Waals surface area contributed by atoms with E-state index in [-0.39, 0.29) is 61.7 Å². The van der Waals surface area contributed by atoms with Crippen molar-refractivity contribution in [1.29, 1.82) is 0 Å². The number of hydrogen-bond donors (Lipinski definition) is 4. The molecule has 7 amide bonds. The number of ether oxygens (including phenoxy) is 7. The number of esters is 1. The SMILES string of the molecule is COc1cc2cc(c1Cl)N(C)C(=O)C[C@H](OC(=O)[C@H](C)N(C)C(=O)CCOC(=O)NC(CN(C)C(=O)OC1/C=C/COCOC1)C(=O)ON1C(=O)CCC1=O)[C@]1(C)C[C@H]1[C@H](C)[C@@H]1C[C@@](O)(NC(=O)O1)[C@H](O)/C=C/C=C(\C)C2. The Balaban J connectivity index is 1.14. The second-order valence-electron chi connectivity index (χ2n) is 20.0. The van der Waals surface area contributed by atoms with Crippen molar-refractivity contribution in [1.82, 2.24) is 25.5 Å². The van der Waals surface area contributed by atoms with Crippen LogP contribution in [0, 0.1) is 17.3 Å². The maximum atomic E-state index is 14.4. The van der Waals surface area contributed by atoms with Crippen LogP contribution in [0.15, 0.2) is 48.1 Å². The molecule has 1 aromatic carbocycles. The average molecular weight is 1100 g/mol. The van der Waals surface area contributed by atoms with Crippen molar-refractivity contribution < 1.29 is 91.4 Å². The van der Waals surface area contributed by atoms with Crippen LogP contribution >= 0.6 is 11.6 Å². The van der Waals surface area contributed by atoms with Crippen LogP contribution in [-0.2, 0) is 68.4 Å². The summed E-state index contributed by atoms with van der Waals surface area (Å²) in [4.78, 5) is 127. The predicted octanol–water partition coefficient (Wildman–Crippen LogP) is 2.82. The van der Waals surface area contributed by atoms with Gasteiger partial charge in [0.2, 0.25) is 11.8 Å². The van der Waals surface area contributed by atoms with Crippen molar-refractivity contribution in [3.05, 3.63) is 58.7 Å². The van der Waals surface area contributed by atoms with Crippen LogP contribution in [0.2, 0.25) is 5.02 Å². The molecular weight excluding hydrogens is 1040 g/mol. The number of carbonyl (C=O) groups excluding carboxylic acids is 9. The van der Waals surface area contributed by atoms with Crippen LogP contribution in [0.25, 0.3) is 0 Å². The number of rotatable bonds is 13. The lowest BCUT2D eigenvalue weighted by atomic mass is 9.83. The molecule has 6 rings (SSSR count). The Hall–Kier alpha value is -6.80. The van der Waals surface area contributed by atoms with Gasteiger partial charge in [0.1, 0.15) is 60.7 Å². The van der Waals surface area contributed by atoms with Gasteiger partial charge in [-0.2, -0.15) is 0 Å². The molecular formula is C51H67ClN6O19. The molecule has 10 atom stereocenters. The van der Waals surface area contributed by atoms with Gasteiger partial charge < -0.3 is 68.2 Å². The van der Waals surface area contributed by atoms with Crippen LogP contribution in [0.3, 0.4) is 0 Å². The van der Waals surface area contributed by atoms with Gasteiger partial charge in [-0.1, -0.05) is 55.3 Å². The van der Waals surface area contributed by atoms with Gasteiger partial charge in [-0.25, -0.2) is 24.0 Å². The molecule has 1 aromatic rings. The smallest absolute Gasteiger partial charge is 0.410 e. The number of nitrogens with one attached hydrogen (secondary N) is 2. The van der Waals surface area contributed by atoms with Gasteiger partial charge in [0, 0.05) is 45.8 Å². The number of anilines is 1. The molecule has 3 fully saturated rings. The van der Waals surface area contributed by atoms with E-state index in [1.54, 1.807) is 37.3 Å². The third-order valence-electron chi connectivity index (χ3n) is 14.4. The number of fused-ring (bicyclic) bond motifs is 5. The third-order valence-corrected chi connectivity index (χ3v) is 14.7. The summed E-state index contributed by atoms with van der Waals surface area (Å²) in [6.07, 6.45) is -0.546. The number of nitrogens with zero attached hydrogens (tertiary/aromatic N) is 4. The number of aliphatic hydroxyl groups is 2. The van der Waals surface area contributed by atoms with E-state index in [0.29, 0.717) is 29.8 Å². The number of likely N-dealkylation sites (N-methyl/N-ethyl adjacent to an activating group) is 2. The lowest BCUT2D eigenvalue weighted by molar-refractivity contribution is -0.199. The Kier molecular flexibility index (Phi) is 19.7. The van der Waals surface area contributed by atoms with Gasteiger partial charge in [-0.05, 0) is 62.3 Å². The number of amides is 7. The quantitative estimate of drug-likeness (QED) is 0.0955. The van der Waals surface area contributed by atoms with E-state index < -0.39 is 127 Å². The Labute approximate surface area is 449 Å². The number of imide groups is 1. The topological polar surface area (TPSA) is 305 Å². The molecule has 5 aliphatic rings. The zero-order valence-corrected chi connectivity index (χ0v) is 44.9. The summed E-state index contributed by atoms with van der Waals surface area (Å²) in [7, 11) is 5.51. The number of hydrogen-bond acceptors (Lipinski definition) is 19. The van der Waals surface area contributed by atoms with Crippen LogP contribution < -0.4 is 20.3 Å². The fourth-order valence-corrected chi connectivity index (χ4v) is 9.65. The molecule has 4 N–H and O–H groups in total. The number of methoxy groups -OCH3 is 1. The minimum absolute atomic E-state index is 0.0391. The van der Waals surface area contributed by atoms with Gasteiger partial charge in [0.05, 0.1) is 45.4 Å². The number of aliphatic hydroxyl groups excluding tert-OH is 1. The van der Waals surface area contributed by atoms with Gasteiger partial charge >= 0.3 is 30.2 Å². The highest BCUT2D eigenvalue weighted by molar-refractivity contribution is 6.35. The standard InChI is InChI=1S/C51H67ClN6O19/c1-28-11-9-13-38(59)51(69)24-37(75-48(67)54-51)29(2)33-23-50(33,4)39(22-43(63)57(7)35-20-31(19-28)21-36(70-8)44(35)52)76-45(64)30(3)56(6)40(60)16-18-73-47(66)53-34(46(65)77-58-41(61)14-15-42(58)62)25-55(5)49(68)74-32-12-10-17-71-27-72-26-32/h9-13,20-21,29-30,32-34,37-39,59,69H,14-19,22-27H2,1-8H3,(H,53,66)(H,54,67)/b12-10+,13-9+,28-11+/t29-,30-,32?,33-,34?,37-,38+,39-,50+,51-/m0/s1. The summed E-state index contributed by atoms with van der Waals surface area (Å²) in [5.41, 5.74) is -1.19. The minimum Gasteiger partial charge on any atom is -0.495 e. The van der Waals surface area contributed by atoms with E-state index in [0.717, 1.165) is 15.4 Å². The molecule has 4 bridgehead atoms. The first-order valence-electron chi connectivity index (χ1n) is 24.9. The van der Waals surface area contributed by atoms with Crippen LogP contribution in [0.1, 0.15) is 71.8 Å². The number of allylic oxidation sites excluding steroid dienone is 3. The first kappa shape index (κ1) is 59.4. The number of hydroxylamine groups is 2. The number of halogens is 1. The molecule has 77 heavy (non-hydrogen) atoms. The maximum absolute atomic E-state index is 14.4. The molecule has 2 saturated heterocycles. The molecule has 0 radical (unpaired) electrons. The monoisotopic (exact) mass is 1100 g/mol. The Morgan fingerprint density at radius 2 is 1.73 bits per heavy atom. The van der Waals surface area contributed by atoms with E-state index in [1.807, 2.05) is 13.8 Å². The molecule has 4 aliphatic heterocycles. The number of carbonyl (C=O) groups is 9. The summed E-state index contributed by atoms with van der Waals surface area (Å²) in [5, 5.41) is 27.7. The molecule has 0 spiro atoms. The van der Waals surface area contributed by atoms with Crippen molar-refractivity contribution >= 4 is 71.1 Å². The number of benzene rings is 1.